The summed E-state index contributed by atoms with van der Waals surface area (Å²) in [7, 11) is 0. The summed E-state index contributed by atoms with van der Waals surface area (Å²) in [6.07, 6.45) is 2.02. The number of nitrogens with zero attached hydrogens (tertiary/aromatic N) is 1. The summed E-state index contributed by atoms with van der Waals surface area (Å²) in [5.41, 5.74) is 2.65. The van der Waals surface area contributed by atoms with Crippen LogP contribution in [0.25, 0.3) is 21.7 Å². The fourth-order valence-electron chi connectivity index (χ4n) is 3.46. The van der Waals surface area contributed by atoms with E-state index < -0.39 is 0 Å². The Labute approximate surface area is 147 Å². The van der Waals surface area contributed by atoms with E-state index in [9.17, 15) is 4.79 Å². The summed E-state index contributed by atoms with van der Waals surface area (Å²) in [6, 6.07) is 22.3. The van der Waals surface area contributed by atoms with Crippen LogP contribution in [0.15, 0.2) is 72.9 Å². The molecule has 1 heterocycles. The molecule has 0 N–H and O–H groups in total. The molecule has 2 heteroatoms. The van der Waals surface area contributed by atoms with Crippen molar-refractivity contribution in [3.05, 3.63) is 84.1 Å². The lowest BCUT2D eigenvalue weighted by atomic mass is 10.00. The lowest BCUT2D eigenvalue weighted by molar-refractivity contribution is 0.104. The fraction of sp³-hybridized carbons (Fsp3) is 0.174. The van der Waals surface area contributed by atoms with E-state index in [1.807, 2.05) is 60.8 Å². The summed E-state index contributed by atoms with van der Waals surface area (Å²) in [6.45, 7) is 5.30. The smallest absolute Gasteiger partial charge is 0.195 e. The average molecular weight is 327 g/mol. The highest BCUT2D eigenvalue weighted by Crippen LogP contribution is 2.26. The van der Waals surface area contributed by atoms with Crippen molar-refractivity contribution in [2.24, 2.45) is 5.92 Å². The Hall–Kier alpha value is -2.87. The van der Waals surface area contributed by atoms with Crippen LogP contribution in [0.1, 0.15) is 29.8 Å². The van der Waals surface area contributed by atoms with E-state index in [2.05, 4.69) is 30.5 Å². The van der Waals surface area contributed by atoms with Crippen molar-refractivity contribution in [2.75, 3.05) is 0 Å². The number of ketones is 1. The van der Waals surface area contributed by atoms with E-state index in [1.54, 1.807) is 0 Å². The molecule has 2 nitrogen and oxygen atoms in total. The maximum atomic E-state index is 13.2. The molecule has 0 saturated heterocycles. The van der Waals surface area contributed by atoms with Crippen molar-refractivity contribution in [3.8, 4) is 0 Å². The minimum absolute atomic E-state index is 0.0875. The first-order valence-electron chi connectivity index (χ1n) is 8.75. The van der Waals surface area contributed by atoms with Gasteiger partial charge in [-0.1, -0.05) is 68.4 Å². The maximum absolute atomic E-state index is 13.2. The molecule has 0 spiro atoms. The van der Waals surface area contributed by atoms with Gasteiger partial charge < -0.3 is 4.57 Å². The molecule has 0 aliphatic carbocycles. The fourth-order valence-corrected chi connectivity index (χ4v) is 3.46. The van der Waals surface area contributed by atoms with Crippen molar-refractivity contribution in [1.82, 2.24) is 4.57 Å². The number of fused-ring (bicyclic) bond motifs is 2. The first-order chi connectivity index (χ1) is 12.1. The van der Waals surface area contributed by atoms with E-state index >= 15 is 0 Å². The third-order valence-electron chi connectivity index (χ3n) is 4.61. The Balaban J connectivity index is 1.83. The molecule has 0 fully saturated rings. The van der Waals surface area contributed by atoms with Crippen molar-refractivity contribution in [1.29, 1.82) is 0 Å². The number of hydrogen-bond donors (Lipinski definition) is 0. The first kappa shape index (κ1) is 15.6. The summed E-state index contributed by atoms with van der Waals surface area (Å²) in [5, 5.41) is 3.28. The maximum Gasteiger partial charge on any atom is 0.195 e. The molecule has 4 aromatic rings. The minimum Gasteiger partial charge on any atom is -0.346 e. The molecule has 3 aromatic carbocycles. The van der Waals surface area contributed by atoms with Crippen LogP contribution in [-0.4, -0.2) is 10.4 Å². The van der Waals surface area contributed by atoms with Gasteiger partial charge >= 0.3 is 0 Å². The number of carbonyl (C=O) groups is 1. The van der Waals surface area contributed by atoms with Gasteiger partial charge in [0.2, 0.25) is 0 Å². The highest BCUT2D eigenvalue weighted by atomic mass is 16.1. The molecular formula is C23H21NO. The lowest BCUT2D eigenvalue weighted by Crippen LogP contribution is -2.03. The zero-order chi connectivity index (χ0) is 17.4. The number of aromatic nitrogens is 1. The molecule has 0 saturated carbocycles. The van der Waals surface area contributed by atoms with Crippen LogP contribution < -0.4 is 0 Å². The van der Waals surface area contributed by atoms with Crippen LogP contribution in [0.3, 0.4) is 0 Å². The van der Waals surface area contributed by atoms with Gasteiger partial charge in [-0.05, 0) is 28.8 Å². The largest absolute Gasteiger partial charge is 0.346 e. The van der Waals surface area contributed by atoms with Gasteiger partial charge in [-0.3, -0.25) is 4.79 Å². The van der Waals surface area contributed by atoms with Crippen molar-refractivity contribution in [2.45, 2.75) is 20.4 Å². The average Bonchev–Trinajstić information content (AvgIpc) is 2.99. The Bertz CT molecular complexity index is 1070. The number of para-hydroxylation sites is 1. The number of benzene rings is 3. The van der Waals surface area contributed by atoms with Crippen LogP contribution in [0.5, 0.6) is 0 Å². The second-order valence-corrected chi connectivity index (χ2v) is 7.00. The zero-order valence-electron chi connectivity index (χ0n) is 14.6. The highest BCUT2D eigenvalue weighted by Gasteiger charge is 2.17. The third kappa shape index (κ3) is 2.85. The van der Waals surface area contributed by atoms with Gasteiger partial charge in [0.1, 0.15) is 0 Å². The topological polar surface area (TPSA) is 22.0 Å². The van der Waals surface area contributed by atoms with E-state index in [0.717, 1.165) is 39.3 Å². The second kappa shape index (κ2) is 6.21. The van der Waals surface area contributed by atoms with E-state index in [4.69, 9.17) is 0 Å². The van der Waals surface area contributed by atoms with E-state index in [-0.39, 0.29) is 5.78 Å². The zero-order valence-corrected chi connectivity index (χ0v) is 14.6. The van der Waals surface area contributed by atoms with Crippen LogP contribution in [0, 0.1) is 5.92 Å². The van der Waals surface area contributed by atoms with Crippen LogP contribution in [0.2, 0.25) is 0 Å². The molecule has 0 radical (unpaired) electrons. The third-order valence-corrected chi connectivity index (χ3v) is 4.61. The number of carbonyl (C=O) groups excluding carboxylic acids is 1. The lowest BCUT2D eigenvalue weighted by Gasteiger charge is -2.07. The minimum atomic E-state index is 0.0875. The second-order valence-electron chi connectivity index (χ2n) is 7.00. The molecule has 0 aliphatic rings. The number of hydrogen-bond acceptors (Lipinski definition) is 1. The van der Waals surface area contributed by atoms with E-state index in [1.165, 1.54) is 0 Å². The molecule has 1 aromatic heterocycles. The predicted octanol–water partition coefficient (Wildman–Crippen LogP) is 5.68. The van der Waals surface area contributed by atoms with Gasteiger partial charge in [-0.2, -0.15) is 0 Å². The van der Waals surface area contributed by atoms with Gasteiger partial charge in [0, 0.05) is 34.8 Å². The Morgan fingerprint density at radius 2 is 1.64 bits per heavy atom. The molecule has 124 valence electrons. The van der Waals surface area contributed by atoms with E-state index in [0.29, 0.717) is 5.92 Å². The molecule has 4 rings (SSSR count). The van der Waals surface area contributed by atoms with Crippen LogP contribution in [0.4, 0.5) is 0 Å². The molecule has 0 bridgehead atoms. The highest BCUT2D eigenvalue weighted by molar-refractivity contribution is 6.17. The molecule has 0 aliphatic heterocycles. The molecule has 0 amide bonds. The monoisotopic (exact) mass is 327 g/mol. The summed E-state index contributed by atoms with van der Waals surface area (Å²) in [4.78, 5) is 13.2. The SMILES string of the molecule is CC(C)Cn1cc(C(=O)c2ccc3ccccc3c2)c2ccccc21. The van der Waals surface area contributed by atoms with Gasteiger partial charge in [0.25, 0.3) is 0 Å². The Morgan fingerprint density at radius 1 is 0.920 bits per heavy atom. The molecule has 0 atom stereocenters. The quantitative estimate of drug-likeness (QED) is 0.442. The van der Waals surface area contributed by atoms with Gasteiger partial charge in [0.15, 0.2) is 5.78 Å². The summed E-state index contributed by atoms with van der Waals surface area (Å²) in [5.74, 6) is 0.615. The van der Waals surface area contributed by atoms with Gasteiger partial charge in [-0.15, -0.1) is 0 Å². The van der Waals surface area contributed by atoms with Crippen LogP contribution in [-0.2, 0) is 6.54 Å². The standard InChI is InChI=1S/C23H21NO/c1-16(2)14-24-15-21(20-9-5-6-10-22(20)24)23(25)19-12-11-17-7-3-4-8-18(17)13-19/h3-13,15-16H,14H2,1-2H3. The van der Waals surface area contributed by atoms with Crippen molar-refractivity contribution in [3.63, 3.8) is 0 Å². The van der Waals surface area contributed by atoms with Gasteiger partial charge in [-0.25, -0.2) is 0 Å². The molecule has 0 unspecified atom stereocenters. The Morgan fingerprint density at radius 3 is 2.44 bits per heavy atom. The molecule has 25 heavy (non-hydrogen) atoms. The first-order valence-corrected chi connectivity index (χ1v) is 8.75. The van der Waals surface area contributed by atoms with Crippen molar-refractivity contribution >= 4 is 27.5 Å². The number of rotatable bonds is 4. The Kier molecular flexibility index (Phi) is 3.89. The molecular weight excluding hydrogens is 306 g/mol. The van der Waals surface area contributed by atoms with Crippen molar-refractivity contribution < 1.29 is 4.79 Å². The predicted molar refractivity (Wildman–Crippen MR) is 104 cm³/mol. The van der Waals surface area contributed by atoms with Gasteiger partial charge in [0.05, 0.1) is 0 Å². The summed E-state index contributed by atoms with van der Waals surface area (Å²) < 4.78 is 2.20. The normalized spacial score (nSPS) is 11.5. The summed E-state index contributed by atoms with van der Waals surface area (Å²) >= 11 is 0. The van der Waals surface area contributed by atoms with Crippen LogP contribution >= 0.6 is 0 Å².